The number of rotatable bonds is 5. The first kappa shape index (κ1) is 20.9. The summed E-state index contributed by atoms with van der Waals surface area (Å²) >= 11 is 0. The predicted molar refractivity (Wildman–Crippen MR) is 103 cm³/mol. The predicted octanol–water partition coefficient (Wildman–Crippen LogP) is 1.25. The van der Waals surface area contributed by atoms with Gasteiger partial charge in [0, 0.05) is 11.3 Å². The van der Waals surface area contributed by atoms with Crippen molar-refractivity contribution >= 4 is 17.8 Å². The Morgan fingerprint density at radius 3 is 2.53 bits per heavy atom. The highest BCUT2D eigenvalue weighted by molar-refractivity contribution is 6.13. The largest absolute Gasteiger partial charge is 0.465 e. The molecular weight excluding hydrogens is 390 g/mol. The number of esters is 2. The highest BCUT2D eigenvalue weighted by atomic mass is 16.5. The van der Waals surface area contributed by atoms with E-state index in [0.29, 0.717) is 0 Å². The van der Waals surface area contributed by atoms with E-state index >= 15 is 0 Å². The maximum Gasteiger partial charge on any atom is 0.337 e. The van der Waals surface area contributed by atoms with Crippen molar-refractivity contribution in [3.8, 4) is 11.8 Å². The Hall–Kier alpha value is -3.80. The Bertz CT molecular complexity index is 1040. The van der Waals surface area contributed by atoms with Gasteiger partial charge in [-0.3, -0.25) is 9.59 Å². The molecule has 9 heteroatoms. The standard InChI is InChI=1S/C21H21N3O6/c1-4-28-16(25)11-24-12(3)17(19(26)29-5-2)21(20(24)27)13-8-6-7-9-15(13)30-18(23)14(21)10-22/h6-9H,4-5,11,23H2,1-3H3/t21-/m1/s1. The molecule has 0 saturated heterocycles. The van der Waals surface area contributed by atoms with E-state index in [-0.39, 0.29) is 47.3 Å². The number of fused-ring (bicyclic) bond motifs is 2. The van der Waals surface area contributed by atoms with Gasteiger partial charge in [-0.2, -0.15) is 5.26 Å². The molecule has 0 saturated carbocycles. The number of ether oxygens (including phenoxy) is 3. The lowest BCUT2D eigenvalue weighted by Crippen LogP contribution is -2.48. The summed E-state index contributed by atoms with van der Waals surface area (Å²) in [6, 6.07) is 8.42. The minimum Gasteiger partial charge on any atom is -0.465 e. The second kappa shape index (κ2) is 7.91. The Kier molecular flexibility index (Phi) is 5.52. The Morgan fingerprint density at radius 2 is 1.90 bits per heavy atom. The lowest BCUT2D eigenvalue weighted by molar-refractivity contribution is -0.148. The molecule has 0 unspecified atom stereocenters. The lowest BCUT2D eigenvalue weighted by Gasteiger charge is -2.35. The molecule has 2 heterocycles. The molecule has 1 aromatic rings. The number of para-hydroxylation sites is 1. The summed E-state index contributed by atoms with van der Waals surface area (Å²) in [5.74, 6) is -2.17. The maximum absolute atomic E-state index is 13.8. The molecule has 1 amide bonds. The maximum atomic E-state index is 13.8. The number of hydrogen-bond acceptors (Lipinski definition) is 8. The van der Waals surface area contributed by atoms with Gasteiger partial charge in [0.25, 0.3) is 0 Å². The smallest absolute Gasteiger partial charge is 0.337 e. The monoisotopic (exact) mass is 411 g/mol. The zero-order valence-corrected chi connectivity index (χ0v) is 16.9. The average Bonchev–Trinajstić information content (AvgIpc) is 2.91. The Balaban J connectivity index is 2.33. The molecule has 156 valence electrons. The highest BCUT2D eigenvalue weighted by Crippen LogP contribution is 2.53. The summed E-state index contributed by atoms with van der Waals surface area (Å²) in [6.07, 6.45) is 0. The SMILES string of the molecule is CCOC(=O)CN1C(=O)[C@]2(C(C#N)=C(N)Oc3ccccc32)C(C(=O)OCC)=C1C. The van der Waals surface area contributed by atoms with Crippen LogP contribution >= 0.6 is 0 Å². The molecule has 2 aliphatic rings. The van der Waals surface area contributed by atoms with Gasteiger partial charge in [0.05, 0.1) is 18.8 Å². The number of carbonyl (C=O) groups is 3. The van der Waals surface area contributed by atoms with Gasteiger partial charge in [-0.1, -0.05) is 18.2 Å². The van der Waals surface area contributed by atoms with Crippen molar-refractivity contribution in [2.75, 3.05) is 19.8 Å². The van der Waals surface area contributed by atoms with E-state index in [2.05, 4.69) is 0 Å². The molecule has 0 radical (unpaired) electrons. The fraction of sp³-hybridized carbons (Fsp3) is 0.333. The zero-order valence-electron chi connectivity index (χ0n) is 16.9. The van der Waals surface area contributed by atoms with E-state index in [9.17, 15) is 19.6 Å². The number of nitriles is 1. The first-order chi connectivity index (χ1) is 14.3. The molecule has 0 aromatic heterocycles. The normalized spacial score (nSPS) is 20.1. The molecule has 0 bridgehead atoms. The van der Waals surface area contributed by atoms with Crippen LogP contribution in [0.15, 0.2) is 47.0 Å². The first-order valence-electron chi connectivity index (χ1n) is 9.38. The van der Waals surface area contributed by atoms with Crippen LogP contribution in [0.1, 0.15) is 26.3 Å². The minimum atomic E-state index is -1.88. The van der Waals surface area contributed by atoms with Crippen LogP contribution < -0.4 is 10.5 Å². The Labute approximate surface area is 173 Å². The highest BCUT2D eigenvalue weighted by Gasteiger charge is 2.62. The van der Waals surface area contributed by atoms with Crippen molar-refractivity contribution in [2.45, 2.75) is 26.2 Å². The van der Waals surface area contributed by atoms with Crippen LogP contribution in [0.3, 0.4) is 0 Å². The fourth-order valence-electron chi connectivity index (χ4n) is 3.87. The van der Waals surface area contributed by atoms with Crippen LogP contribution in [0.5, 0.6) is 5.75 Å². The van der Waals surface area contributed by atoms with E-state index in [1.165, 1.54) is 6.92 Å². The second-order valence-corrected chi connectivity index (χ2v) is 6.58. The molecule has 9 nitrogen and oxygen atoms in total. The fourth-order valence-corrected chi connectivity index (χ4v) is 3.87. The summed E-state index contributed by atoms with van der Waals surface area (Å²) in [6.45, 7) is 4.54. The number of hydrogen-bond donors (Lipinski definition) is 1. The van der Waals surface area contributed by atoms with Crippen molar-refractivity contribution in [3.05, 3.63) is 52.6 Å². The Morgan fingerprint density at radius 1 is 1.23 bits per heavy atom. The van der Waals surface area contributed by atoms with E-state index in [1.54, 1.807) is 38.1 Å². The topological polar surface area (TPSA) is 132 Å². The number of amides is 1. The summed E-state index contributed by atoms with van der Waals surface area (Å²) in [5, 5.41) is 9.89. The summed E-state index contributed by atoms with van der Waals surface area (Å²) in [5.41, 5.74) is 4.26. The molecule has 3 rings (SSSR count). The van der Waals surface area contributed by atoms with Gasteiger partial charge in [0.15, 0.2) is 5.41 Å². The third kappa shape index (κ3) is 2.88. The number of nitrogens with zero attached hydrogens (tertiary/aromatic N) is 2. The van der Waals surface area contributed by atoms with Gasteiger partial charge in [-0.15, -0.1) is 0 Å². The number of nitrogens with two attached hydrogens (primary N) is 1. The van der Waals surface area contributed by atoms with E-state index in [4.69, 9.17) is 19.9 Å². The van der Waals surface area contributed by atoms with Crippen molar-refractivity contribution < 1.29 is 28.6 Å². The van der Waals surface area contributed by atoms with Crippen LogP contribution in [0.25, 0.3) is 0 Å². The molecule has 2 N–H and O–H groups in total. The van der Waals surface area contributed by atoms with Crippen LogP contribution in [-0.4, -0.2) is 42.5 Å². The molecular formula is C21H21N3O6. The molecule has 1 spiro atoms. The first-order valence-corrected chi connectivity index (χ1v) is 9.38. The second-order valence-electron chi connectivity index (χ2n) is 6.58. The van der Waals surface area contributed by atoms with Gasteiger partial charge in [-0.05, 0) is 26.8 Å². The average molecular weight is 411 g/mol. The molecule has 2 aliphatic heterocycles. The van der Waals surface area contributed by atoms with Gasteiger partial charge < -0.3 is 24.8 Å². The summed E-state index contributed by atoms with van der Waals surface area (Å²) in [7, 11) is 0. The number of allylic oxidation sites excluding steroid dienone is 1. The van der Waals surface area contributed by atoms with Crippen LogP contribution in [0.2, 0.25) is 0 Å². The molecule has 30 heavy (non-hydrogen) atoms. The summed E-state index contributed by atoms with van der Waals surface area (Å²) < 4.78 is 15.7. The van der Waals surface area contributed by atoms with Gasteiger partial charge in [-0.25, -0.2) is 4.79 Å². The molecule has 1 atom stereocenters. The molecule has 0 aliphatic carbocycles. The van der Waals surface area contributed by atoms with E-state index in [1.807, 2.05) is 6.07 Å². The van der Waals surface area contributed by atoms with Crippen LogP contribution in [0, 0.1) is 11.3 Å². The third-order valence-corrected chi connectivity index (χ3v) is 5.02. The minimum absolute atomic E-state index is 0.0526. The molecule has 0 fully saturated rings. The van der Waals surface area contributed by atoms with Crippen molar-refractivity contribution in [1.82, 2.24) is 4.90 Å². The van der Waals surface area contributed by atoms with Gasteiger partial charge in [0.1, 0.15) is 23.9 Å². The zero-order chi connectivity index (χ0) is 22.1. The third-order valence-electron chi connectivity index (χ3n) is 5.02. The number of carbonyl (C=O) groups excluding carboxylic acids is 3. The van der Waals surface area contributed by atoms with Crippen molar-refractivity contribution in [2.24, 2.45) is 5.73 Å². The quantitative estimate of drug-likeness (QED) is 0.716. The lowest BCUT2D eigenvalue weighted by atomic mass is 9.68. The van der Waals surface area contributed by atoms with Gasteiger partial charge >= 0.3 is 11.9 Å². The molecule has 1 aromatic carbocycles. The number of benzene rings is 1. The van der Waals surface area contributed by atoms with Crippen LogP contribution in [-0.2, 0) is 29.3 Å². The van der Waals surface area contributed by atoms with Crippen molar-refractivity contribution in [3.63, 3.8) is 0 Å². The van der Waals surface area contributed by atoms with Crippen LogP contribution in [0.4, 0.5) is 0 Å². The van der Waals surface area contributed by atoms with E-state index < -0.39 is 29.8 Å². The van der Waals surface area contributed by atoms with E-state index in [0.717, 1.165) is 4.90 Å². The van der Waals surface area contributed by atoms with Crippen molar-refractivity contribution in [1.29, 1.82) is 5.26 Å². The van der Waals surface area contributed by atoms with Gasteiger partial charge in [0.2, 0.25) is 11.8 Å². The summed E-state index contributed by atoms with van der Waals surface area (Å²) in [4.78, 5) is 40.1.